The molecule has 0 saturated carbocycles. The topological polar surface area (TPSA) is 52.6 Å². The number of rotatable bonds is 6. The number of aryl methyl sites for hydroxylation is 1. The van der Waals surface area contributed by atoms with Crippen LogP contribution in [0, 0.1) is 13.8 Å². The molecule has 0 aliphatic carbocycles. The van der Waals surface area contributed by atoms with Crippen molar-refractivity contribution in [3.63, 3.8) is 0 Å². The highest BCUT2D eigenvalue weighted by atomic mass is 35.5. The number of hydrogen-bond donors (Lipinski definition) is 0. The van der Waals surface area contributed by atoms with E-state index in [-0.39, 0.29) is 15.7 Å². The third kappa shape index (κ3) is 4.22. The van der Waals surface area contributed by atoms with Crippen LogP contribution in [0.2, 0.25) is 10.0 Å². The van der Waals surface area contributed by atoms with Crippen LogP contribution < -0.4 is 4.18 Å². The molecule has 0 atom stereocenters. The molecule has 0 heterocycles. The van der Waals surface area contributed by atoms with Crippen LogP contribution in [0.4, 0.5) is 0 Å². The highest BCUT2D eigenvalue weighted by Gasteiger charge is 2.26. The molecule has 2 aromatic rings. The fourth-order valence-corrected chi connectivity index (χ4v) is 4.32. The van der Waals surface area contributed by atoms with Crippen LogP contribution in [0.25, 0.3) is 0 Å². The average molecular weight is 389 g/mol. The summed E-state index contributed by atoms with van der Waals surface area (Å²) in [7, 11) is -2.46. The first-order valence-electron chi connectivity index (χ1n) is 7.24. The molecule has 0 radical (unpaired) electrons. The molecular weight excluding hydrogens is 371 g/mol. The lowest BCUT2D eigenvalue weighted by Gasteiger charge is -2.14. The van der Waals surface area contributed by atoms with E-state index in [1.54, 1.807) is 51.3 Å². The van der Waals surface area contributed by atoms with Crippen molar-refractivity contribution in [1.29, 1.82) is 0 Å². The maximum Gasteiger partial charge on any atom is 0.341 e. The molecule has 130 valence electrons. The van der Waals surface area contributed by atoms with Gasteiger partial charge in [-0.05, 0) is 55.2 Å². The molecule has 0 N–H and O–H groups in total. The lowest BCUT2D eigenvalue weighted by atomic mass is 10.1. The van der Waals surface area contributed by atoms with Crippen molar-refractivity contribution >= 4 is 33.3 Å². The quantitative estimate of drug-likeness (QED) is 0.680. The molecule has 0 amide bonds. The van der Waals surface area contributed by atoms with Gasteiger partial charge in [-0.3, -0.25) is 0 Å². The Hall–Kier alpha value is -1.27. The van der Waals surface area contributed by atoms with Crippen molar-refractivity contribution in [3.05, 3.63) is 57.1 Å². The summed E-state index contributed by atoms with van der Waals surface area (Å²) >= 11 is 12.3. The average Bonchev–Trinajstić information content (AvgIpc) is 2.52. The van der Waals surface area contributed by atoms with E-state index in [2.05, 4.69) is 0 Å². The van der Waals surface area contributed by atoms with Crippen molar-refractivity contribution in [1.82, 2.24) is 0 Å². The summed E-state index contributed by atoms with van der Waals surface area (Å²) in [6, 6.07) is 8.42. The van der Waals surface area contributed by atoms with E-state index in [4.69, 9.17) is 32.1 Å². The normalized spacial score (nSPS) is 11.5. The maximum absolute atomic E-state index is 12.6. The number of methoxy groups -OCH3 is 1. The number of hydrogen-bond acceptors (Lipinski definition) is 4. The molecule has 7 heteroatoms. The predicted octanol–water partition coefficient (Wildman–Crippen LogP) is 4.57. The van der Waals surface area contributed by atoms with E-state index >= 15 is 0 Å². The monoisotopic (exact) mass is 388 g/mol. The third-order valence-electron chi connectivity index (χ3n) is 3.56. The maximum atomic E-state index is 12.6. The van der Waals surface area contributed by atoms with Crippen molar-refractivity contribution in [3.8, 4) is 5.75 Å². The van der Waals surface area contributed by atoms with Gasteiger partial charge >= 0.3 is 10.1 Å². The summed E-state index contributed by atoms with van der Waals surface area (Å²) in [5.74, 6) is 0.212. The SMILES string of the molecule is COCCc1ccc(OS(=O)(=O)c2c(C)c(Cl)cc(C)c2Cl)cc1. The summed E-state index contributed by atoms with van der Waals surface area (Å²) in [6.45, 7) is 3.88. The van der Waals surface area contributed by atoms with Gasteiger partial charge in [0.2, 0.25) is 0 Å². The molecule has 0 saturated heterocycles. The Bertz CT molecular complexity index is 804. The molecular formula is C17H18Cl2O4S. The Labute approximate surface area is 152 Å². The first kappa shape index (κ1) is 19.1. The standard InChI is InChI=1S/C17H18Cl2O4S/c1-11-10-15(18)12(2)17(16(11)19)24(20,21)23-14-6-4-13(5-7-14)8-9-22-3/h4-7,10H,8-9H2,1-3H3. The highest BCUT2D eigenvalue weighted by molar-refractivity contribution is 7.87. The minimum Gasteiger partial charge on any atom is -0.384 e. The van der Waals surface area contributed by atoms with Gasteiger partial charge in [0.15, 0.2) is 0 Å². The molecule has 0 aromatic heterocycles. The molecule has 0 spiro atoms. The van der Waals surface area contributed by atoms with Crippen LogP contribution in [0.1, 0.15) is 16.7 Å². The highest BCUT2D eigenvalue weighted by Crippen LogP contribution is 2.34. The summed E-state index contributed by atoms with van der Waals surface area (Å²) < 4.78 is 35.5. The number of benzene rings is 2. The molecule has 24 heavy (non-hydrogen) atoms. The molecule has 0 unspecified atom stereocenters. The molecule has 4 nitrogen and oxygen atoms in total. The predicted molar refractivity (Wildman–Crippen MR) is 95.8 cm³/mol. The Morgan fingerprint density at radius 3 is 2.29 bits per heavy atom. The van der Waals surface area contributed by atoms with Gasteiger partial charge < -0.3 is 8.92 Å². The van der Waals surface area contributed by atoms with E-state index in [1.807, 2.05) is 0 Å². The molecule has 0 bridgehead atoms. The van der Waals surface area contributed by atoms with Gasteiger partial charge in [-0.2, -0.15) is 8.42 Å². The van der Waals surface area contributed by atoms with Gasteiger partial charge in [-0.1, -0.05) is 35.3 Å². The Kier molecular flexibility index (Phi) is 6.15. The van der Waals surface area contributed by atoms with E-state index in [9.17, 15) is 8.42 Å². The molecule has 2 rings (SSSR count). The van der Waals surface area contributed by atoms with Crippen LogP contribution in [-0.2, 0) is 21.3 Å². The Morgan fingerprint density at radius 1 is 1.08 bits per heavy atom. The van der Waals surface area contributed by atoms with Crippen LogP contribution in [0.15, 0.2) is 35.2 Å². The van der Waals surface area contributed by atoms with Crippen LogP contribution in [0.5, 0.6) is 5.75 Å². The fourth-order valence-electron chi connectivity index (χ4n) is 2.21. The Morgan fingerprint density at radius 2 is 1.71 bits per heavy atom. The van der Waals surface area contributed by atoms with Gasteiger partial charge in [0, 0.05) is 12.1 Å². The summed E-state index contributed by atoms with van der Waals surface area (Å²) in [5, 5.41) is 0.447. The van der Waals surface area contributed by atoms with Gasteiger partial charge in [0.1, 0.15) is 10.6 Å². The number of ether oxygens (including phenoxy) is 1. The zero-order valence-corrected chi connectivity index (χ0v) is 15.9. The smallest absolute Gasteiger partial charge is 0.341 e. The Balaban J connectivity index is 2.33. The second kappa shape index (κ2) is 7.74. The zero-order valence-electron chi connectivity index (χ0n) is 13.6. The van der Waals surface area contributed by atoms with Crippen molar-refractivity contribution in [2.45, 2.75) is 25.2 Å². The van der Waals surface area contributed by atoms with Crippen LogP contribution >= 0.6 is 23.2 Å². The summed E-state index contributed by atoms with van der Waals surface area (Å²) in [4.78, 5) is -0.0994. The zero-order chi connectivity index (χ0) is 17.9. The minimum atomic E-state index is -4.09. The van der Waals surface area contributed by atoms with E-state index in [0.717, 1.165) is 12.0 Å². The summed E-state index contributed by atoms with van der Waals surface area (Å²) in [6.07, 6.45) is 0.738. The largest absolute Gasteiger partial charge is 0.384 e. The van der Waals surface area contributed by atoms with E-state index in [0.29, 0.717) is 22.8 Å². The molecule has 2 aromatic carbocycles. The van der Waals surface area contributed by atoms with Crippen molar-refractivity contribution < 1.29 is 17.3 Å². The van der Waals surface area contributed by atoms with Gasteiger partial charge in [0.05, 0.1) is 11.6 Å². The number of halogens is 2. The molecule has 0 aliphatic heterocycles. The summed E-state index contributed by atoms with van der Waals surface area (Å²) in [5.41, 5.74) is 1.96. The molecule has 0 aliphatic rings. The van der Waals surface area contributed by atoms with E-state index in [1.165, 1.54) is 0 Å². The second-order valence-corrected chi connectivity index (χ2v) is 7.64. The van der Waals surface area contributed by atoms with Gasteiger partial charge in [-0.25, -0.2) is 0 Å². The van der Waals surface area contributed by atoms with Gasteiger partial charge in [0.25, 0.3) is 0 Å². The van der Waals surface area contributed by atoms with Crippen LogP contribution in [-0.4, -0.2) is 22.1 Å². The van der Waals surface area contributed by atoms with Crippen molar-refractivity contribution in [2.75, 3.05) is 13.7 Å². The van der Waals surface area contributed by atoms with Gasteiger partial charge in [-0.15, -0.1) is 0 Å². The van der Waals surface area contributed by atoms with Crippen LogP contribution in [0.3, 0.4) is 0 Å². The second-order valence-electron chi connectivity index (χ2n) is 5.37. The molecule has 0 fully saturated rings. The van der Waals surface area contributed by atoms with Crippen molar-refractivity contribution in [2.24, 2.45) is 0 Å². The first-order chi connectivity index (χ1) is 11.3. The lowest BCUT2D eigenvalue weighted by Crippen LogP contribution is -2.13. The fraction of sp³-hybridized carbons (Fsp3) is 0.294. The minimum absolute atomic E-state index is 0.0994. The lowest BCUT2D eigenvalue weighted by molar-refractivity contribution is 0.202. The third-order valence-corrected chi connectivity index (χ3v) is 5.98. The van der Waals surface area contributed by atoms with E-state index < -0.39 is 10.1 Å². The first-order valence-corrected chi connectivity index (χ1v) is 9.40.